The molecule has 0 amide bonds. The Balaban J connectivity index is 2.98. The number of rotatable bonds is 6. The van der Waals surface area contributed by atoms with Gasteiger partial charge in [0.15, 0.2) is 0 Å². The highest BCUT2D eigenvalue weighted by Gasteiger charge is 2.23. The number of nitrogens with zero attached hydrogens (tertiary/aromatic N) is 4. The number of hydrazine groups is 1. The Morgan fingerprint density at radius 2 is 2.11 bits per heavy atom. The highest BCUT2D eigenvalue weighted by Crippen LogP contribution is 2.28. The Kier molecular flexibility index (Phi) is 4.75. The van der Waals surface area contributed by atoms with Crippen molar-refractivity contribution in [3.8, 4) is 0 Å². The zero-order chi connectivity index (χ0) is 13.7. The van der Waals surface area contributed by atoms with Crippen LogP contribution in [0.5, 0.6) is 0 Å². The summed E-state index contributed by atoms with van der Waals surface area (Å²) in [5.74, 6) is 5.32. The van der Waals surface area contributed by atoms with Crippen LogP contribution in [-0.4, -0.2) is 46.5 Å². The molecule has 0 spiro atoms. The molecule has 0 bridgehead atoms. The van der Waals surface area contributed by atoms with Gasteiger partial charge >= 0.3 is 5.69 Å². The first-order valence-electron chi connectivity index (χ1n) is 5.33. The van der Waals surface area contributed by atoms with E-state index < -0.39 is 4.92 Å². The topological polar surface area (TPSA) is 122 Å². The standard InChI is InChI=1S/C9H17N7O2/c1-6(4-15(2)3)13-8-7(16(17)18)9(14-10)12-5-11-8/h5-6H,4,10H2,1-3H3,(H2,11,12,13,14). The maximum absolute atomic E-state index is 11.0. The van der Waals surface area contributed by atoms with Gasteiger partial charge in [0.1, 0.15) is 6.33 Å². The van der Waals surface area contributed by atoms with Crippen molar-refractivity contribution in [2.75, 3.05) is 31.4 Å². The van der Waals surface area contributed by atoms with Gasteiger partial charge in [0.2, 0.25) is 11.6 Å². The minimum absolute atomic E-state index is 0.000718. The van der Waals surface area contributed by atoms with Crippen molar-refractivity contribution < 1.29 is 4.92 Å². The third kappa shape index (κ3) is 3.50. The lowest BCUT2D eigenvalue weighted by molar-refractivity contribution is -0.383. The van der Waals surface area contributed by atoms with E-state index in [1.807, 2.05) is 25.9 Å². The Hall–Kier alpha value is -2.00. The molecular weight excluding hydrogens is 238 g/mol. The number of nitrogen functional groups attached to an aromatic ring is 1. The normalized spacial score (nSPS) is 12.3. The summed E-state index contributed by atoms with van der Waals surface area (Å²) >= 11 is 0. The van der Waals surface area contributed by atoms with Crippen LogP contribution in [-0.2, 0) is 0 Å². The fourth-order valence-corrected chi connectivity index (χ4v) is 1.59. The molecule has 1 heterocycles. The molecule has 100 valence electrons. The van der Waals surface area contributed by atoms with Crippen LogP contribution >= 0.6 is 0 Å². The Morgan fingerprint density at radius 1 is 1.50 bits per heavy atom. The van der Waals surface area contributed by atoms with Crippen molar-refractivity contribution in [3.63, 3.8) is 0 Å². The third-order valence-electron chi connectivity index (χ3n) is 2.16. The number of hydrogen-bond donors (Lipinski definition) is 3. The van der Waals surface area contributed by atoms with Crippen molar-refractivity contribution in [2.45, 2.75) is 13.0 Å². The summed E-state index contributed by atoms with van der Waals surface area (Å²) in [5, 5.41) is 14.0. The molecule has 9 nitrogen and oxygen atoms in total. The van der Waals surface area contributed by atoms with Gasteiger partial charge in [0.25, 0.3) is 0 Å². The molecule has 0 aliphatic carbocycles. The summed E-state index contributed by atoms with van der Waals surface area (Å²) in [7, 11) is 3.83. The van der Waals surface area contributed by atoms with Crippen molar-refractivity contribution in [2.24, 2.45) is 5.84 Å². The van der Waals surface area contributed by atoms with Gasteiger partial charge in [0, 0.05) is 12.6 Å². The number of likely N-dealkylation sites (N-methyl/N-ethyl adjacent to an activating group) is 1. The fraction of sp³-hybridized carbons (Fsp3) is 0.556. The molecule has 0 saturated carbocycles. The van der Waals surface area contributed by atoms with E-state index in [1.165, 1.54) is 6.33 Å². The van der Waals surface area contributed by atoms with Crippen molar-refractivity contribution in [1.82, 2.24) is 14.9 Å². The van der Waals surface area contributed by atoms with Gasteiger partial charge in [-0.25, -0.2) is 15.8 Å². The molecule has 0 saturated heterocycles. The molecular formula is C9H17N7O2. The molecule has 1 aromatic rings. The van der Waals surface area contributed by atoms with Crippen LogP contribution in [0, 0.1) is 10.1 Å². The van der Waals surface area contributed by atoms with E-state index in [-0.39, 0.29) is 23.4 Å². The van der Waals surface area contributed by atoms with Gasteiger partial charge in [-0.3, -0.25) is 10.1 Å². The van der Waals surface area contributed by atoms with E-state index in [0.29, 0.717) is 6.54 Å². The zero-order valence-electron chi connectivity index (χ0n) is 10.5. The number of nitro groups is 1. The molecule has 0 aliphatic rings. The number of anilines is 2. The Labute approximate surface area is 105 Å². The lowest BCUT2D eigenvalue weighted by atomic mass is 10.3. The van der Waals surface area contributed by atoms with Crippen LogP contribution in [0.1, 0.15) is 6.92 Å². The summed E-state index contributed by atoms with van der Waals surface area (Å²) in [4.78, 5) is 20.0. The van der Waals surface area contributed by atoms with Crippen molar-refractivity contribution in [3.05, 3.63) is 16.4 Å². The van der Waals surface area contributed by atoms with E-state index in [1.54, 1.807) is 0 Å². The van der Waals surface area contributed by atoms with Crippen LogP contribution in [0.2, 0.25) is 0 Å². The summed E-state index contributed by atoms with van der Waals surface area (Å²) in [6.07, 6.45) is 1.22. The van der Waals surface area contributed by atoms with Gasteiger partial charge in [-0.15, -0.1) is 0 Å². The predicted octanol–water partition coefficient (Wildman–Crippen LogP) is 0.0324. The average molecular weight is 255 g/mol. The second kappa shape index (κ2) is 6.07. The lowest BCUT2D eigenvalue weighted by Gasteiger charge is -2.18. The molecule has 1 unspecified atom stereocenters. The molecule has 0 radical (unpaired) electrons. The largest absolute Gasteiger partial charge is 0.360 e. The highest BCUT2D eigenvalue weighted by atomic mass is 16.6. The maximum Gasteiger partial charge on any atom is 0.354 e. The van der Waals surface area contributed by atoms with E-state index in [9.17, 15) is 10.1 Å². The van der Waals surface area contributed by atoms with E-state index in [4.69, 9.17) is 5.84 Å². The summed E-state index contributed by atoms with van der Waals surface area (Å²) in [5.41, 5.74) is 1.93. The number of aromatic nitrogens is 2. The van der Waals surface area contributed by atoms with Crippen molar-refractivity contribution >= 4 is 17.3 Å². The Bertz CT molecular complexity index is 423. The highest BCUT2D eigenvalue weighted by molar-refractivity contribution is 5.68. The lowest BCUT2D eigenvalue weighted by Crippen LogP contribution is -2.30. The molecule has 4 N–H and O–H groups in total. The molecule has 1 aromatic heterocycles. The Morgan fingerprint density at radius 3 is 2.61 bits per heavy atom. The van der Waals surface area contributed by atoms with Crippen LogP contribution in [0.3, 0.4) is 0 Å². The minimum atomic E-state index is -0.570. The van der Waals surface area contributed by atoms with Gasteiger partial charge in [0.05, 0.1) is 4.92 Å². The molecule has 1 atom stereocenters. The first-order chi connectivity index (χ1) is 8.45. The van der Waals surface area contributed by atoms with Gasteiger partial charge in [-0.1, -0.05) is 0 Å². The second-order valence-corrected chi connectivity index (χ2v) is 4.13. The number of nitrogens with two attached hydrogens (primary N) is 1. The minimum Gasteiger partial charge on any atom is -0.360 e. The quantitative estimate of drug-likeness (QED) is 0.370. The summed E-state index contributed by atoms with van der Waals surface area (Å²) in [6.45, 7) is 2.62. The van der Waals surface area contributed by atoms with E-state index in [0.717, 1.165) is 0 Å². The third-order valence-corrected chi connectivity index (χ3v) is 2.16. The van der Waals surface area contributed by atoms with Crippen LogP contribution in [0.4, 0.5) is 17.3 Å². The van der Waals surface area contributed by atoms with Crippen LogP contribution in [0.25, 0.3) is 0 Å². The van der Waals surface area contributed by atoms with Crippen molar-refractivity contribution in [1.29, 1.82) is 0 Å². The molecule has 0 fully saturated rings. The monoisotopic (exact) mass is 255 g/mol. The number of hydrogen-bond acceptors (Lipinski definition) is 8. The van der Waals surface area contributed by atoms with Crippen LogP contribution in [0.15, 0.2) is 6.33 Å². The molecule has 18 heavy (non-hydrogen) atoms. The smallest absolute Gasteiger partial charge is 0.354 e. The first kappa shape index (κ1) is 14.1. The average Bonchev–Trinajstić information content (AvgIpc) is 2.26. The SMILES string of the molecule is CC(CN(C)C)Nc1ncnc(NN)c1[N+](=O)[O-]. The molecule has 1 rings (SSSR count). The van der Waals surface area contributed by atoms with E-state index >= 15 is 0 Å². The molecule has 9 heteroatoms. The van der Waals surface area contributed by atoms with Gasteiger partial charge < -0.3 is 15.6 Å². The fourth-order valence-electron chi connectivity index (χ4n) is 1.59. The first-order valence-corrected chi connectivity index (χ1v) is 5.33. The summed E-state index contributed by atoms with van der Waals surface area (Å²) < 4.78 is 0. The second-order valence-electron chi connectivity index (χ2n) is 4.13. The summed E-state index contributed by atoms with van der Waals surface area (Å²) in [6, 6.07) is -0.000718. The zero-order valence-corrected chi connectivity index (χ0v) is 10.5. The number of nitrogens with one attached hydrogen (secondary N) is 2. The molecule has 0 aromatic carbocycles. The maximum atomic E-state index is 11.0. The van der Waals surface area contributed by atoms with Gasteiger partial charge in [-0.05, 0) is 21.0 Å². The van der Waals surface area contributed by atoms with Gasteiger partial charge in [-0.2, -0.15) is 0 Å². The van der Waals surface area contributed by atoms with E-state index in [2.05, 4.69) is 20.7 Å². The predicted molar refractivity (Wildman–Crippen MR) is 68.1 cm³/mol. The van der Waals surface area contributed by atoms with Crippen LogP contribution < -0.4 is 16.6 Å². The molecule has 0 aliphatic heterocycles.